The number of thioether (sulfide) groups is 1. The van der Waals surface area contributed by atoms with E-state index in [4.69, 9.17) is 0 Å². The Morgan fingerprint density at radius 1 is 1.39 bits per heavy atom. The lowest BCUT2D eigenvalue weighted by molar-refractivity contribution is -0.118. The quantitative estimate of drug-likeness (QED) is 0.811. The van der Waals surface area contributed by atoms with E-state index in [-0.39, 0.29) is 5.91 Å². The smallest absolute Gasteiger partial charge is 0.230 e. The summed E-state index contributed by atoms with van der Waals surface area (Å²) in [5.41, 5.74) is 2.13. The molecule has 0 radical (unpaired) electrons. The van der Waals surface area contributed by atoms with Crippen molar-refractivity contribution in [2.24, 2.45) is 0 Å². The summed E-state index contributed by atoms with van der Waals surface area (Å²) in [5, 5.41) is 2.84. The minimum atomic E-state index is 0.0233. The minimum Gasteiger partial charge on any atom is -0.350 e. The lowest BCUT2D eigenvalue weighted by Crippen LogP contribution is -2.24. The highest BCUT2D eigenvalue weighted by Gasteiger charge is 2.03. The van der Waals surface area contributed by atoms with Gasteiger partial charge in [0.1, 0.15) is 0 Å². The third-order valence-corrected chi connectivity index (χ3v) is 3.43. The minimum absolute atomic E-state index is 0.0233. The maximum absolute atomic E-state index is 11.6. The van der Waals surface area contributed by atoms with Gasteiger partial charge in [0, 0.05) is 11.1 Å². The highest BCUT2D eigenvalue weighted by atomic mass is 32.2. The van der Waals surface area contributed by atoms with Gasteiger partial charge in [-0.1, -0.05) is 17.7 Å². The number of imidazole rings is 1. The molecule has 2 rings (SSSR count). The van der Waals surface area contributed by atoms with E-state index in [0.717, 1.165) is 10.6 Å². The fraction of sp³-hybridized carbons (Fsp3) is 0.231. The number of aromatic amines is 1. The molecule has 0 saturated heterocycles. The van der Waals surface area contributed by atoms with E-state index in [9.17, 15) is 4.79 Å². The van der Waals surface area contributed by atoms with Crippen LogP contribution < -0.4 is 5.32 Å². The van der Waals surface area contributed by atoms with Crippen LogP contribution in [0.3, 0.4) is 0 Å². The number of carbonyl (C=O) groups excluding carboxylic acids is 1. The van der Waals surface area contributed by atoms with Crippen LogP contribution in [0.2, 0.25) is 0 Å². The summed E-state index contributed by atoms with van der Waals surface area (Å²) in [5.74, 6) is 0.451. The van der Waals surface area contributed by atoms with Gasteiger partial charge in [-0.2, -0.15) is 0 Å². The first-order valence-corrected chi connectivity index (χ1v) is 6.66. The molecular weight excluding hydrogens is 246 g/mol. The van der Waals surface area contributed by atoms with Crippen molar-refractivity contribution in [1.29, 1.82) is 0 Å². The fourth-order valence-corrected chi connectivity index (χ4v) is 2.14. The maximum Gasteiger partial charge on any atom is 0.230 e. The normalized spacial score (nSPS) is 10.3. The molecule has 94 valence electrons. The number of hydrogen-bond acceptors (Lipinski definition) is 3. The molecule has 18 heavy (non-hydrogen) atoms. The van der Waals surface area contributed by atoms with E-state index < -0.39 is 0 Å². The van der Waals surface area contributed by atoms with Gasteiger partial charge in [-0.3, -0.25) is 4.79 Å². The summed E-state index contributed by atoms with van der Waals surface area (Å²) in [6, 6.07) is 8.15. The zero-order valence-electron chi connectivity index (χ0n) is 10.1. The Morgan fingerprint density at radius 3 is 2.83 bits per heavy atom. The predicted octanol–water partition coefficient (Wildman–Crippen LogP) is 2.13. The summed E-state index contributed by atoms with van der Waals surface area (Å²) in [7, 11) is 0. The molecule has 5 heteroatoms. The van der Waals surface area contributed by atoms with Gasteiger partial charge in [-0.15, -0.1) is 11.8 Å². The molecule has 0 fully saturated rings. The van der Waals surface area contributed by atoms with Crippen LogP contribution in [0.4, 0.5) is 0 Å². The SMILES string of the molecule is Cc1ccc(SCC(=O)NCc2cnc[nH]2)cc1. The molecule has 0 atom stereocenters. The van der Waals surface area contributed by atoms with Gasteiger partial charge >= 0.3 is 0 Å². The lowest BCUT2D eigenvalue weighted by Gasteiger charge is -2.04. The van der Waals surface area contributed by atoms with Gasteiger partial charge in [0.25, 0.3) is 0 Å². The van der Waals surface area contributed by atoms with Crippen LogP contribution in [-0.2, 0) is 11.3 Å². The maximum atomic E-state index is 11.6. The Kier molecular flexibility index (Phi) is 4.41. The third-order valence-electron chi connectivity index (χ3n) is 2.42. The zero-order valence-corrected chi connectivity index (χ0v) is 11.0. The van der Waals surface area contributed by atoms with Crippen molar-refractivity contribution in [1.82, 2.24) is 15.3 Å². The lowest BCUT2D eigenvalue weighted by atomic mass is 10.2. The van der Waals surface area contributed by atoms with Gasteiger partial charge < -0.3 is 10.3 Å². The molecule has 2 N–H and O–H groups in total. The van der Waals surface area contributed by atoms with Gasteiger partial charge in [0.2, 0.25) is 5.91 Å². The number of aryl methyl sites for hydroxylation is 1. The summed E-state index contributed by atoms with van der Waals surface area (Å²) in [6.45, 7) is 2.54. The topological polar surface area (TPSA) is 57.8 Å². The molecular formula is C13H15N3OS. The largest absolute Gasteiger partial charge is 0.350 e. The number of aromatic nitrogens is 2. The van der Waals surface area contributed by atoms with Crippen molar-refractivity contribution in [2.75, 3.05) is 5.75 Å². The van der Waals surface area contributed by atoms with Crippen LogP contribution >= 0.6 is 11.8 Å². The van der Waals surface area contributed by atoms with Crippen LogP contribution in [0, 0.1) is 6.92 Å². The average Bonchev–Trinajstić information content (AvgIpc) is 2.89. The van der Waals surface area contributed by atoms with Crippen molar-refractivity contribution in [3.05, 3.63) is 48.0 Å². The number of carbonyl (C=O) groups is 1. The second-order valence-corrected chi connectivity index (χ2v) is 5.00. The van der Waals surface area contributed by atoms with Crippen molar-refractivity contribution in [3.8, 4) is 0 Å². The highest BCUT2D eigenvalue weighted by molar-refractivity contribution is 8.00. The van der Waals surface area contributed by atoms with Gasteiger partial charge in [-0.05, 0) is 19.1 Å². The summed E-state index contributed by atoms with van der Waals surface area (Å²) in [6.07, 6.45) is 3.30. The molecule has 0 saturated carbocycles. The van der Waals surface area contributed by atoms with E-state index in [0.29, 0.717) is 12.3 Å². The second kappa shape index (κ2) is 6.26. The van der Waals surface area contributed by atoms with Crippen molar-refractivity contribution < 1.29 is 4.79 Å². The first-order chi connectivity index (χ1) is 8.74. The molecule has 4 nitrogen and oxygen atoms in total. The number of benzene rings is 1. The molecule has 1 aromatic carbocycles. The molecule has 0 unspecified atom stereocenters. The standard InChI is InChI=1S/C13H15N3OS/c1-10-2-4-12(5-3-10)18-8-13(17)15-7-11-6-14-9-16-11/h2-6,9H,7-8H2,1H3,(H,14,16)(H,15,17). The van der Waals surface area contributed by atoms with Crippen LogP contribution in [0.15, 0.2) is 41.7 Å². The van der Waals surface area contributed by atoms with Crippen molar-refractivity contribution in [3.63, 3.8) is 0 Å². The number of nitrogens with zero attached hydrogens (tertiary/aromatic N) is 1. The Bertz CT molecular complexity index is 493. The molecule has 0 aliphatic heterocycles. The first kappa shape index (κ1) is 12.7. The summed E-state index contributed by atoms with van der Waals surface area (Å²) >= 11 is 1.54. The predicted molar refractivity (Wildman–Crippen MR) is 72.3 cm³/mol. The average molecular weight is 261 g/mol. The second-order valence-electron chi connectivity index (χ2n) is 3.96. The number of hydrogen-bond donors (Lipinski definition) is 2. The Morgan fingerprint density at radius 2 is 2.17 bits per heavy atom. The van der Waals surface area contributed by atoms with Crippen LogP contribution in [0.5, 0.6) is 0 Å². The number of rotatable bonds is 5. The Labute approximate surface area is 110 Å². The first-order valence-electron chi connectivity index (χ1n) is 5.67. The summed E-state index contributed by atoms with van der Waals surface area (Å²) in [4.78, 5) is 19.6. The van der Waals surface area contributed by atoms with Crippen molar-refractivity contribution >= 4 is 17.7 Å². The van der Waals surface area contributed by atoms with E-state index >= 15 is 0 Å². The Hall–Kier alpha value is -1.75. The third kappa shape index (κ3) is 3.92. The molecule has 1 heterocycles. The van der Waals surface area contributed by atoms with Crippen LogP contribution in [0.1, 0.15) is 11.3 Å². The monoisotopic (exact) mass is 261 g/mol. The van der Waals surface area contributed by atoms with Crippen LogP contribution in [0.25, 0.3) is 0 Å². The van der Waals surface area contributed by atoms with Gasteiger partial charge in [0.15, 0.2) is 0 Å². The molecule has 2 aromatic rings. The molecule has 1 aromatic heterocycles. The molecule has 0 bridgehead atoms. The van der Waals surface area contributed by atoms with E-state index in [2.05, 4.69) is 15.3 Å². The number of nitrogens with one attached hydrogen (secondary N) is 2. The summed E-state index contributed by atoms with van der Waals surface area (Å²) < 4.78 is 0. The molecule has 0 aliphatic carbocycles. The van der Waals surface area contributed by atoms with E-state index in [1.54, 1.807) is 12.5 Å². The Balaban J connectivity index is 1.73. The van der Waals surface area contributed by atoms with Crippen LogP contribution in [-0.4, -0.2) is 21.6 Å². The van der Waals surface area contributed by atoms with Gasteiger partial charge in [-0.25, -0.2) is 4.98 Å². The van der Waals surface area contributed by atoms with E-state index in [1.165, 1.54) is 17.3 Å². The van der Waals surface area contributed by atoms with Gasteiger partial charge in [0.05, 0.1) is 24.3 Å². The molecule has 1 amide bonds. The zero-order chi connectivity index (χ0) is 12.8. The highest BCUT2D eigenvalue weighted by Crippen LogP contribution is 2.17. The fourth-order valence-electron chi connectivity index (χ4n) is 1.41. The number of amides is 1. The molecule has 0 spiro atoms. The van der Waals surface area contributed by atoms with E-state index in [1.807, 2.05) is 31.2 Å². The molecule has 0 aliphatic rings. The number of H-pyrrole nitrogens is 1. The van der Waals surface area contributed by atoms with Crippen molar-refractivity contribution in [2.45, 2.75) is 18.4 Å².